The Labute approximate surface area is 112 Å². The average molecular weight is 247 g/mol. The topological polar surface area (TPSA) is 33.0 Å². The van der Waals surface area contributed by atoms with Gasteiger partial charge < -0.3 is 4.74 Å². The van der Waals surface area contributed by atoms with Crippen LogP contribution in [0.15, 0.2) is 48.5 Å². The summed E-state index contributed by atoms with van der Waals surface area (Å²) in [6.45, 7) is 0. The van der Waals surface area contributed by atoms with Crippen LogP contribution in [0.1, 0.15) is 28.2 Å². The molecule has 2 heteroatoms. The summed E-state index contributed by atoms with van der Waals surface area (Å²) in [5.41, 5.74) is 4.09. The molecule has 1 atom stereocenters. The quantitative estimate of drug-likeness (QED) is 0.810. The first-order valence-electron chi connectivity index (χ1n) is 6.19. The van der Waals surface area contributed by atoms with Gasteiger partial charge in [-0.2, -0.15) is 5.26 Å². The van der Waals surface area contributed by atoms with Crippen LogP contribution in [0.25, 0.3) is 6.08 Å². The third-order valence-corrected chi connectivity index (χ3v) is 3.53. The molecule has 2 nitrogen and oxygen atoms in total. The molecule has 92 valence electrons. The maximum atomic E-state index is 9.23. The molecule has 0 bridgehead atoms. The van der Waals surface area contributed by atoms with Gasteiger partial charge in [0.25, 0.3) is 0 Å². The molecule has 2 aromatic carbocycles. The molecule has 0 saturated carbocycles. The zero-order valence-corrected chi connectivity index (χ0v) is 10.6. The van der Waals surface area contributed by atoms with Crippen LogP contribution in [-0.4, -0.2) is 7.11 Å². The number of ether oxygens (including phenoxy) is 1. The highest BCUT2D eigenvalue weighted by molar-refractivity contribution is 5.71. The third kappa shape index (κ3) is 1.80. The van der Waals surface area contributed by atoms with Gasteiger partial charge in [-0.05, 0) is 23.3 Å². The van der Waals surface area contributed by atoms with Gasteiger partial charge >= 0.3 is 0 Å². The Morgan fingerprint density at radius 1 is 1.05 bits per heavy atom. The summed E-state index contributed by atoms with van der Waals surface area (Å²) in [6, 6.07) is 16.1. The SMILES string of the molecule is COc1cccc2c1C=CC2c1ccccc1C#N. The molecule has 0 radical (unpaired) electrons. The summed E-state index contributed by atoms with van der Waals surface area (Å²) < 4.78 is 5.38. The van der Waals surface area contributed by atoms with Crippen molar-refractivity contribution in [2.24, 2.45) is 0 Å². The molecule has 19 heavy (non-hydrogen) atoms. The zero-order valence-electron chi connectivity index (χ0n) is 10.6. The molecule has 1 unspecified atom stereocenters. The van der Waals surface area contributed by atoms with Crippen molar-refractivity contribution in [1.29, 1.82) is 5.26 Å². The molecular formula is C17H13NO. The van der Waals surface area contributed by atoms with E-state index in [9.17, 15) is 5.26 Å². The lowest BCUT2D eigenvalue weighted by Crippen LogP contribution is -1.99. The summed E-state index contributed by atoms with van der Waals surface area (Å²) in [5.74, 6) is 1.02. The fraction of sp³-hybridized carbons (Fsp3) is 0.118. The molecule has 0 aromatic heterocycles. The normalized spacial score (nSPS) is 15.9. The highest BCUT2D eigenvalue weighted by Gasteiger charge is 2.23. The molecule has 0 heterocycles. The number of hydrogen-bond acceptors (Lipinski definition) is 2. The van der Waals surface area contributed by atoms with Crippen LogP contribution in [-0.2, 0) is 0 Å². The van der Waals surface area contributed by atoms with E-state index < -0.39 is 0 Å². The van der Waals surface area contributed by atoms with E-state index in [2.05, 4.69) is 24.3 Å². The lowest BCUT2D eigenvalue weighted by atomic mass is 9.90. The monoisotopic (exact) mass is 247 g/mol. The van der Waals surface area contributed by atoms with E-state index in [0.29, 0.717) is 0 Å². The van der Waals surface area contributed by atoms with Gasteiger partial charge in [0.2, 0.25) is 0 Å². The third-order valence-electron chi connectivity index (χ3n) is 3.53. The molecule has 2 aromatic rings. The molecule has 1 aliphatic carbocycles. The van der Waals surface area contributed by atoms with Crippen molar-refractivity contribution >= 4 is 6.08 Å². The largest absolute Gasteiger partial charge is 0.496 e. The van der Waals surface area contributed by atoms with Gasteiger partial charge in [0.05, 0.1) is 18.7 Å². The van der Waals surface area contributed by atoms with Crippen molar-refractivity contribution in [3.05, 3.63) is 70.8 Å². The molecule has 1 aliphatic rings. The smallest absolute Gasteiger partial charge is 0.126 e. The first-order chi connectivity index (χ1) is 9.35. The van der Waals surface area contributed by atoms with Crippen LogP contribution >= 0.6 is 0 Å². The Morgan fingerprint density at radius 2 is 1.84 bits per heavy atom. The first-order valence-corrected chi connectivity index (χ1v) is 6.19. The van der Waals surface area contributed by atoms with Crippen LogP contribution in [0.3, 0.4) is 0 Å². The van der Waals surface area contributed by atoms with E-state index in [4.69, 9.17) is 4.74 Å². The second-order valence-corrected chi connectivity index (χ2v) is 4.50. The predicted molar refractivity (Wildman–Crippen MR) is 75.0 cm³/mol. The second-order valence-electron chi connectivity index (χ2n) is 4.50. The molecule has 0 spiro atoms. The van der Waals surface area contributed by atoms with Crippen molar-refractivity contribution in [3.63, 3.8) is 0 Å². The van der Waals surface area contributed by atoms with Gasteiger partial charge in [0.1, 0.15) is 5.75 Å². The van der Waals surface area contributed by atoms with Gasteiger partial charge in [-0.3, -0.25) is 0 Å². The molecular weight excluding hydrogens is 234 g/mol. The lowest BCUT2D eigenvalue weighted by molar-refractivity contribution is 0.413. The van der Waals surface area contributed by atoms with E-state index in [1.165, 1.54) is 5.56 Å². The summed E-state index contributed by atoms with van der Waals surface area (Å²) in [4.78, 5) is 0. The molecule has 0 aliphatic heterocycles. The van der Waals surface area contributed by atoms with E-state index in [1.807, 2.05) is 36.4 Å². The zero-order chi connectivity index (χ0) is 13.2. The fourth-order valence-electron chi connectivity index (χ4n) is 2.63. The maximum Gasteiger partial charge on any atom is 0.126 e. The first kappa shape index (κ1) is 11.6. The van der Waals surface area contributed by atoms with Gasteiger partial charge in [-0.15, -0.1) is 0 Å². The molecule has 0 fully saturated rings. The molecule has 0 saturated heterocycles. The maximum absolute atomic E-state index is 9.23. The predicted octanol–water partition coefficient (Wildman–Crippen LogP) is 3.73. The van der Waals surface area contributed by atoms with Gasteiger partial charge in [0, 0.05) is 11.5 Å². The Bertz CT molecular complexity index is 695. The van der Waals surface area contributed by atoms with Crippen molar-refractivity contribution in [3.8, 4) is 11.8 Å². The van der Waals surface area contributed by atoms with E-state index in [-0.39, 0.29) is 5.92 Å². The lowest BCUT2D eigenvalue weighted by Gasteiger charge is -2.14. The Hall–Kier alpha value is -2.53. The Kier molecular flexibility index (Phi) is 2.81. The highest BCUT2D eigenvalue weighted by Crippen LogP contribution is 2.40. The van der Waals surface area contributed by atoms with Crippen LogP contribution in [0.5, 0.6) is 5.75 Å². The van der Waals surface area contributed by atoms with Crippen molar-refractivity contribution in [2.75, 3.05) is 7.11 Å². The van der Waals surface area contributed by atoms with Crippen LogP contribution in [0, 0.1) is 11.3 Å². The number of rotatable bonds is 2. The Morgan fingerprint density at radius 3 is 2.63 bits per heavy atom. The van der Waals surface area contributed by atoms with E-state index in [0.717, 1.165) is 22.4 Å². The van der Waals surface area contributed by atoms with E-state index >= 15 is 0 Å². The van der Waals surface area contributed by atoms with E-state index in [1.54, 1.807) is 7.11 Å². The summed E-state index contributed by atoms with van der Waals surface area (Å²) in [7, 11) is 1.68. The second kappa shape index (κ2) is 4.62. The van der Waals surface area contributed by atoms with Gasteiger partial charge in [0.15, 0.2) is 0 Å². The number of fused-ring (bicyclic) bond motifs is 1. The van der Waals surface area contributed by atoms with Crippen LogP contribution in [0.4, 0.5) is 0 Å². The minimum Gasteiger partial charge on any atom is -0.496 e. The molecule has 0 amide bonds. The standard InChI is InChI=1S/C17H13NO/c1-19-17-8-4-7-14-15(9-10-16(14)17)13-6-3-2-5-12(13)11-18/h2-10,15H,1H3. The Balaban J connectivity index is 2.14. The number of allylic oxidation sites excluding steroid dienone is 1. The number of benzene rings is 2. The van der Waals surface area contributed by atoms with Crippen molar-refractivity contribution in [1.82, 2.24) is 0 Å². The number of nitrogens with zero attached hydrogens (tertiary/aromatic N) is 1. The minimum absolute atomic E-state index is 0.140. The van der Waals surface area contributed by atoms with Crippen LogP contribution < -0.4 is 4.74 Å². The number of hydrogen-bond donors (Lipinski definition) is 0. The van der Waals surface area contributed by atoms with Gasteiger partial charge in [-0.1, -0.05) is 42.5 Å². The number of nitriles is 1. The summed E-state index contributed by atoms with van der Waals surface area (Å²) >= 11 is 0. The van der Waals surface area contributed by atoms with Gasteiger partial charge in [-0.25, -0.2) is 0 Å². The van der Waals surface area contributed by atoms with Crippen molar-refractivity contribution in [2.45, 2.75) is 5.92 Å². The fourth-order valence-corrected chi connectivity index (χ4v) is 2.63. The molecule has 3 rings (SSSR count). The summed E-state index contributed by atoms with van der Waals surface area (Å²) in [5, 5.41) is 9.23. The number of methoxy groups -OCH3 is 1. The average Bonchev–Trinajstić information content (AvgIpc) is 2.90. The molecule has 0 N–H and O–H groups in total. The summed E-state index contributed by atoms with van der Waals surface area (Å²) in [6.07, 6.45) is 4.20. The van der Waals surface area contributed by atoms with Crippen molar-refractivity contribution < 1.29 is 4.74 Å². The highest BCUT2D eigenvalue weighted by atomic mass is 16.5. The van der Waals surface area contributed by atoms with Crippen LogP contribution in [0.2, 0.25) is 0 Å². The minimum atomic E-state index is 0.140.